The second-order valence-electron chi connectivity index (χ2n) is 9.80. The number of carbonyl (C=O) groups excluding carboxylic acids is 2. The molecule has 2 aromatic heterocycles. The van der Waals surface area contributed by atoms with Crippen LogP contribution in [0.25, 0.3) is 22.4 Å². The van der Waals surface area contributed by atoms with Crippen LogP contribution in [0.1, 0.15) is 37.6 Å². The number of nitrogens with zero attached hydrogens (tertiary/aromatic N) is 5. The van der Waals surface area contributed by atoms with Crippen molar-refractivity contribution in [1.82, 2.24) is 14.8 Å². The third-order valence-electron chi connectivity index (χ3n) is 7.10. The Kier molecular flexibility index (Phi) is 6.04. The Labute approximate surface area is 213 Å². The van der Waals surface area contributed by atoms with Crippen molar-refractivity contribution in [3.63, 3.8) is 0 Å². The van der Waals surface area contributed by atoms with Crippen LogP contribution in [0.3, 0.4) is 0 Å². The number of nitriles is 1. The van der Waals surface area contributed by atoms with Crippen molar-refractivity contribution in [3.05, 3.63) is 47.7 Å². The highest BCUT2D eigenvalue weighted by molar-refractivity contribution is 6.03. The molecule has 1 saturated heterocycles. The monoisotopic (exact) mass is 502 g/mol. The maximum absolute atomic E-state index is 15.8. The second kappa shape index (κ2) is 9.09. The fourth-order valence-electron chi connectivity index (χ4n) is 5.27. The van der Waals surface area contributed by atoms with Gasteiger partial charge in [-0.3, -0.25) is 19.3 Å². The summed E-state index contributed by atoms with van der Waals surface area (Å²) in [5.74, 6) is -1.16. The van der Waals surface area contributed by atoms with Gasteiger partial charge >= 0.3 is 0 Å². The van der Waals surface area contributed by atoms with Gasteiger partial charge in [-0.1, -0.05) is 0 Å². The highest BCUT2D eigenvalue weighted by atomic mass is 19.1. The van der Waals surface area contributed by atoms with Crippen LogP contribution in [0, 0.1) is 35.4 Å². The minimum absolute atomic E-state index is 0.0822. The van der Waals surface area contributed by atoms with Crippen LogP contribution in [0.5, 0.6) is 0 Å². The number of aryl methyl sites for hydroxylation is 2. The maximum atomic E-state index is 15.8. The minimum Gasteiger partial charge on any atom is -0.390 e. The zero-order valence-corrected chi connectivity index (χ0v) is 20.9. The van der Waals surface area contributed by atoms with E-state index in [-0.39, 0.29) is 35.4 Å². The second-order valence-corrected chi connectivity index (χ2v) is 9.80. The van der Waals surface area contributed by atoms with Crippen molar-refractivity contribution < 1.29 is 19.1 Å². The summed E-state index contributed by atoms with van der Waals surface area (Å²) in [6.45, 7) is 3.15. The Morgan fingerprint density at radius 2 is 2.08 bits per heavy atom. The quantitative estimate of drug-likeness (QED) is 0.530. The molecule has 1 aromatic carbocycles. The van der Waals surface area contributed by atoms with Gasteiger partial charge in [0.15, 0.2) is 0 Å². The van der Waals surface area contributed by atoms with E-state index in [0.29, 0.717) is 41.2 Å². The molecule has 3 heterocycles. The van der Waals surface area contributed by atoms with Gasteiger partial charge in [0.2, 0.25) is 11.8 Å². The van der Waals surface area contributed by atoms with Gasteiger partial charge in [-0.05, 0) is 61.9 Å². The molecular formula is C27H27FN6O3. The molecule has 2 fully saturated rings. The summed E-state index contributed by atoms with van der Waals surface area (Å²) >= 11 is 0. The highest BCUT2D eigenvalue weighted by Gasteiger charge is 2.56. The largest absolute Gasteiger partial charge is 0.390 e. The third kappa shape index (κ3) is 4.25. The SMILES string of the molecule is CC(=O)Nc1cc(-c2cn(C)nc2CO)cc(F)c1-c1cc(N2CC[C@@](C#N)(C3CC3)C2=O)cc(C)n1. The Bertz CT molecular complexity index is 1470. The Morgan fingerprint density at radius 1 is 1.32 bits per heavy atom. The molecule has 0 unspecified atom stereocenters. The van der Waals surface area contributed by atoms with E-state index >= 15 is 4.39 Å². The van der Waals surface area contributed by atoms with Crippen LogP contribution in [-0.2, 0) is 23.2 Å². The number of rotatable bonds is 6. The van der Waals surface area contributed by atoms with Gasteiger partial charge in [0, 0.05) is 43.7 Å². The third-order valence-corrected chi connectivity index (χ3v) is 7.10. The number of amides is 2. The van der Waals surface area contributed by atoms with Crippen LogP contribution in [0.2, 0.25) is 0 Å². The topological polar surface area (TPSA) is 124 Å². The Morgan fingerprint density at radius 3 is 2.73 bits per heavy atom. The van der Waals surface area contributed by atoms with Gasteiger partial charge < -0.3 is 15.3 Å². The first kappa shape index (κ1) is 24.6. The van der Waals surface area contributed by atoms with E-state index in [1.54, 1.807) is 43.3 Å². The van der Waals surface area contributed by atoms with Crippen LogP contribution < -0.4 is 10.2 Å². The number of anilines is 2. The van der Waals surface area contributed by atoms with E-state index in [1.165, 1.54) is 17.7 Å². The zero-order valence-electron chi connectivity index (χ0n) is 20.9. The average molecular weight is 503 g/mol. The average Bonchev–Trinajstić information content (AvgIpc) is 3.54. The van der Waals surface area contributed by atoms with Crippen molar-refractivity contribution in [2.75, 3.05) is 16.8 Å². The number of hydrogen-bond donors (Lipinski definition) is 2. The summed E-state index contributed by atoms with van der Waals surface area (Å²) in [6.07, 6.45) is 3.88. The summed E-state index contributed by atoms with van der Waals surface area (Å²) in [5, 5.41) is 26.4. The summed E-state index contributed by atoms with van der Waals surface area (Å²) in [4.78, 5) is 31.5. The smallest absolute Gasteiger partial charge is 0.247 e. The van der Waals surface area contributed by atoms with E-state index in [9.17, 15) is 20.0 Å². The van der Waals surface area contributed by atoms with Gasteiger partial charge in [-0.25, -0.2) is 4.39 Å². The summed E-state index contributed by atoms with van der Waals surface area (Å²) in [7, 11) is 1.70. The van der Waals surface area contributed by atoms with E-state index < -0.39 is 17.1 Å². The van der Waals surface area contributed by atoms with Crippen molar-refractivity contribution in [3.8, 4) is 28.5 Å². The molecule has 1 saturated carbocycles. The van der Waals surface area contributed by atoms with E-state index in [4.69, 9.17) is 0 Å². The highest BCUT2D eigenvalue weighted by Crippen LogP contribution is 2.52. The Balaban J connectivity index is 1.61. The predicted molar refractivity (Wildman–Crippen MR) is 135 cm³/mol. The van der Waals surface area contributed by atoms with Crippen LogP contribution in [0.4, 0.5) is 15.8 Å². The van der Waals surface area contributed by atoms with E-state index in [0.717, 1.165) is 12.8 Å². The van der Waals surface area contributed by atoms with Crippen molar-refractivity contribution >= 4 is 23.2 Å². The van der Waals surface area contributed by atoms with Gasteiger partial charge in [-0.2, -0.15) is 10.4 Å². The van der Waals surface area contributed by atoms with Crippen molar-refractivity contribution in [2.24, 2.45) is 18.4 Å². The molecule has 0 radical (unpaired) electrons. The number of halogens is 1. The summed E-state index contributed by atoms with van der Waals surface area (Å²) in [6, 6.07) is 8.59. The molecule has 2 N–H and O–H groups in total. The van der Waals surface area contributed by atoms with Crippen LogP contribution >= 0.6 is 0 Å². The lowest BCUT2D eigenvalue weighted by atomic mass is 9.83. The summed E-state index contributed by atoms with van der Waals surface area (Å²) < 4.78 is 17.3. The predicted octanol–water partition coefficient (Wildman–Crippen LogP) is 3.70. The molecule has 37 heavy (non-hydrogen) atoms. The molecule has 190 valence electrons. The lowest BCUT2D eigenvalue weighted by Gasteiger charge is -2.22. The number of pyridine rings is 1. The van der Waals surface area contributed by atoms with Gasteiger partial charge in [0.05, 0.1) is 35.3 Å². The Hall–Kier alpha value is -4.10. The minimum atomic E-state index is -1.00. The van der Waals surface area contributed by atoms with Gasteiger partial charge in [0.1, 0.15) is 11.2 Å². The molecule has 0 bridgehead atoms. The van der Waals surface area contributed by atoms with Crippen LogP contribution in [0.15, 0.2) is 30.5 Å². The molecule has 9 nitrogen and oxygen atoms in total. The number of aliphatic hydroxyl groups is 1. The number of hydrogen-bond acceptors (Lipinski definition) is 6. The molecule has 1 aliphatic carbocycles. The molecule has 3 aromatic rings. The fraction of sp³-hybridized carbons (Fsp3) is 0.370. The maximum Gasteiger partial charge on any atom is 0.247 e. The van der Waals surface area contributed by atoms with E-state index in [1.807, 2.05) is 0 Å². The fourth-order valence-corrected chi connectivity index (χ4v) is 5.27. The number of aliphatic hydroxyl groups excluding tert-OH is 1. The zero-order chi connectivity index (χ0) is 26.5. The first-order chi connectivity index (χ1) is 17.7. The molecule has 10 heteroatoms. The molecule has 0 spiro atoms. The molecular weight excluding hydrogens is 475 g/mol. The molecule has 2 amide bonds. The standard InChI is InChI=1S/C27H27FN6O3/c1-15-8-19(34-7-6-27(14-29,26(34)37)18-4-5-18)11-23(30-15)25-21(28)9-17(10-22(25)31-16(2)36)20-12-33(3)32-24(20)13-35/h8-12,18,35H,4-7,13H2,1-3H3,(H,31,36)/t27-/m1/s1. The molecule has 2 aliphatic rings. The number of nitrogens with one attached hydrogen (secondary N) is 1. The van der Waals surface area contributed by atoms with Crippen LogP contribution in [-0.4, -0.2) is 38.2 Å². The lowest BCUT2D eigenvalue weighted by Crippen LogP contribution is -2.35. The van der Waals surface area contributed by atoms with Crippen molar-refractivity contribution in [2.45, 2.75) is 39.7 Å². The summed E-state index contributed by atoms with van der Waals surface area (Å²) in [5.41, 5.74) is 2.00. The molecule has 1 atom stereocenters. The lowest BCUT2D eigenvalue weighted by molar-refractivity contribution is -0.123. The number of aromatic nitrogens is 3. The van der Waals surface area contributed by atoms with Gasteiger partial charge in [0.25, 0.3) is 0 Å². The van der Waals surface area contributed by atoms with E-state index in [2.05, 4.69) is 21.5 Å². The normalized spacial score (nSPS) is 19.2. The van der Waals surface area contributed by atoms with Gasteiger partial charge in [-0.15, -0.1) is 0 Å². The first-order valence-electron chi connectivity index (χ1n) is 12.1. The van der Waals surface area contributed by atoms with Crippen molar-refractivity contribution in [1.29, 1.82) is 5.26 Å². The number of benzene rings is 1. The molecule has 1 aliphatic heterocycles. The first-order valence-corrected chi connectivity index (χ1v) is 12.1. The molecule has 5 rings (SSSR count). The number of carbonyl (C=O) groups is 2.